The Kier molecular flexibility index (Phi) is 17.7. The summed E-state index contributed by atoms with van der Waals surface area (Å²) in [5.74, 6) is -3.13. The number of carbonyl (C=O) groups is 4. The predicted octanol–water partition coefficient (Wildman–Crippen LogP) is -2.77. The lowest BCUT2D eigenvalue weighted by Crippen LogP contribution is -2.57. The Morgan fingerprint density at radius 1 is 0.618 bits per heavy atom. The van der Waals surface area contributed by atoms with E-state index in [1.807, 2.05) is 0 Å². The van der Waals surface area contributed by atoms with Gasteiger partial charge in [0.25, 0.3) is 0 Å². The van der Waals surface area contributed by atoms with Crippen LogP contribution in [0, 0.1) is 0 Å². The molecule has 0 aromatic carbocycles. The number of amides is 3. The van der Waals surface area contributed by atoms with Gasteiger partial charge in [0, 0.05) is 0 Å². The van der Waals surface area contributed by atoms with Crippen molar-refractivity contribution in [3.05, 3.63) is 0 Å². The van der Waals surface area contributed by atoms with E-state index >= 15 is 0 Å². The number of hydrogen-bond acceptors (Lipinski definition) is 9. The van der Waals surface area contributed by atoms with Crippen molar-refractivity contribution in [2.75, 3.05) is 26.2 Å². The average molecular weight is 490 g/mol. The van der Waals surface area contributed by atoms with Crippen molar-refractivity contribution in [3.8, 4) is 0 Å². The predicted molar refractivity (Wildman–Crippen MR) is 127 cm³/mol. The lowest BCUT2D eigenvalue weighted by molar-refractivity contribution is -0.142. The van der Waals surface area contributed by atoms with Crippen molar-refractivity contribution >= 4 is 23.7 Å². The summed E-state index contributed by atoms with van der Waals surface area (Å²) in [6.45, 7) is 0.627. The SMILES string of the molecule is NCCCC[C@H](NC(=O)[C@H](CCCCN)NC(=O)[C@H](CCCCN)NC(=O)[C@@H](N)CO)C(=O)O. The Labute approximate surface area is 200 Å². The van der Waals surface area contributed by atoms with Gasteiger partial charge in [-0.25, -0.2) is 4.79 Å². The molecule has 3 amide bonds. The molecular formula is C21H43N7O6. The Hall–Kier alpha value is -2.32. The largest absolute Gasteiger partial charge is 0.480 e. The molecule has 34 heavy (non-hydrogen) atoms. The van der Waals surface area contributed by atoms with Crippen LogP contribution in [0.4, 0.5) is 0 Å². The number of aliphatic carboxylic acids is 1. The van der Waals surface area contributed by atoms with Gasteiger partial charge < -0.3 is 49.1 Å². The van der Waals surface area contributed by atoms with Crippen molar-refractivity contribution < 1.29 is 29.4 Å². The molecule has 0 fully saturated rings. The highest BCUT2D eigenvalue weighted by atomic mass is 16.4. The zero-order valence-electron chi connectivity index (χ0n) is 19.8. The molecule has 0 aliphatic heterocycles. The third-order valence-corrected chi connectivity index (χ3v) is 5.25. The molecule has 0 aliphatic rings. The highest BCUT2D eigenvalue weighted by molar-refractivity contribution is 5.94. The molecular weight excluding hydrogens is 446 g/mol. The summed E-state index contributed by atoms with van der Waals surface area (Å²) in [5.41, 5.74) is 22.0. The van der Waals surface area contributed by atoms with E-state index < -0.39 is 54.5 Å². The monoisotopic (exact) mass is 489 g/mol. The smallest absolute Gasteiger partial charge is 0.326 e. The lowest BCUT2D eigenvalue weighted by atomic mass is 10.0. The quantitative estimate of drug-likeness (QED) is 0.0796. The first-order valence-corrected chi connectivity index (χ1v) is 11.8. The number of nitrogens with two attached hydrogens (primary N) is 4. The number of aliphatic hydroxyl groups is 1. The Bertz CT molecular complexity index is 622. The number of carboxylic acid groups (broad SMARTS) is 1. The number of rotatable bonds is 20. The van der Waals surface area contributed by atoms with Gasteiger partial charge in [-0.2, -0.15) is 0 Å². The van der Waals surface area contributed by atoms with E-state index in [0.717, 1.165) is 0 Å². The van der Waals surface area contributed by atoms with Gasteiger partial charge in [-0.1, -0.05) is 0 Å². The van der Waals surface area contributed by atoms with Crippen molar-refractivity contribution in [2.45, 2.75) is 82.0 Å². The fourth-order valence-electron chi connectivity index (χ4n) is 3.18. The third kappa shape index (κ3) is 13.4. The van der Waals surface area contributed by atoms with Crippen LogP contribution < -0.4 is 38.9 Å². The Balaban J connectivity index is 5.41. The van der Waals surface area contributed by atoms with Crippen LogP contribution in [-0.2, 0) is 19.2 Å². The number of carboxylic acids is 1. The molecule has 198 valence electrons. The van der Waals surface area contributed by atoms with Crippen molar-refractivity contribution in [1.29, 1.82) is 0 Å². The molecule has 13 heteroatoms. The number of nitrogens with one attached hydrogen (secondary N) is 3. The van der Waals surface area contributed by atoms with Gasteiger partial charge in [-0.3, -0.25) is 14.4 Å². The van der Waals surface area contributed by atoms with Crippen molar-refractivity contribution in [3.63, 3.8) is 0 Å². The van der Waals surface area contributed by atoms with Crippen LogP contribution in [-0.4, -0.2) is 84.3 Å². The lowest BCUT2D eigenvalue weighted by Gasteiger charge is -2.25. The van der Waals surface area contributed by atoms with Crippen LogP contribution in [0.1, 0.15) is 57.8 Å². The zero-order chi connectivity index (χ0) is 25.9. The van der Waals surface area contributed by atoms with E-state index in [0.29, 0.717) is 58.2 Å². The maximum absolute atomic E-state index is 13.0. The van der Waals surface area contributed by atoms with E-state index in [9.17, 15) is 24.3 Å². The van der Waals surface area contributed by atoms with Gasteiger partial charge in [0.15, 0.2) is 0 Å². The molecule has 0 bridgehead atoms. The highest BCUT2D eigenvalue weighted by Gasteiger charge is 2.29. The van der Waals surface area contributed by atoms with Crippen LogP contribution in [0.15, 0.2) is 0 Å². The number of unbranched alkanes of at least 4 members (excludes halogenated alkanes) is 3. The first-order chi connectivity index (χ1) is 16.2. The Morgan fingerprint density at radius 3 is 1.32 bits per heavy atom. The van der Waals surface area contributed by atoms with Crippen LogP contribution >= 0.6 is 0 Å². The van der Waals surface area contributed by atoms with Gasteiger partial charge in [0.05, 0.1) is 6.61 Å². The van der Waals surface area contributed by atoms with Crippen molar-refractivity contribution in [2.24, 2.45) is 22.9 Å². The minimum atomic E-state index is -1.20. The van der Waals surface area contributed by atoms with E-state index in [2.05, 4.69) is 16.0 Å². The molecule has 0 aromatic rings. The summed E-state index contributed by atoms with van der Waals surface area (Å²) in [7, 11) is 0. The van der Waals surface area contributed by atoms with E-state index in [4.69, 9.17) is 28.0 Å². The number of carbonyl (C=O) groups excluding carboxylic acids is 3. The van der Waals surface area contributed by atoms with E-state index in [-0.39, 0.29) is 19.3 Å². The van der Waals surface area contributed by atoms with Gasteiger partial charge in [0.2, 0.25) is 17.7 Å². The number of hydrogen-bond donors (Lipinski definition) is 9. The second kappa shape index (κ2) is 19.0. The zero-order valence-corrected chi connectivity index (χ0v) is 19.8. The normalized spacial score (nSPS) is 14.5. The van der Waals surface area contributed by atoms with Gasteiger partial charge >= 0.3 is 5.97 Å². The first-order valence-electron chi connectivity index (χ1n) is 11.8. The summed E-state index contributed by atoms with van der Waals surface area (Å²) in [5, 5.41) is 26.1. The summed E-state index contributed by atoms with van der Waals surface area (Å²) in [4.78, 5) is 49.5. The molecule has 13 N–H and O–H groups in total. The second-order valence-electron chi connectivity index (χ2n) is 8.16. The summed E-state index contributed by atoms with van der Waals surface area (Å²) in [6, 6.07) is -4.33. The van der Waals surface area contributed by atoms with Gasteiger partial charge in [0.1, 0.15) is 24.2 Å². The Morgan fingerprint density at radius 2 is 0.971 bits per heavy atom. The molecule has 0 saturated carbocycles. The molecule has 0 spiro atoms. The van der Waals surface area contributed by atoms with Crippen LogP contribution in [0.25, 0.3) is 0 Å². The standard InChI is InChI=1S/C21H43N7O6/c22-10-4-1-7-15(26-18(30)14(25)13-29)19(31)27-16(8-2-5-11-23)20(32)28-17(21(33)34)9-3-6-12-24/h14-17,29H,1-13,22-25H2,(H,26,30)(H,27,31)(H,28,32)(H,33,34)/t14-,15-,16-,17-/m0/s1. The maximum atomic E-state index is 13.0. The van der Waals surface area contributed by atoms with E-state index in [1.165, 1.54) is 0 Å². The summed E-state index contributed by atoms with van der Waals surface area (Å²) in [6.07, 6.45) is 4.14. The van der Waals surface area contributed by atoms with Gasteiger partial charge in [-0.15, -0.1) is 0 Å². The van der Waals surface area contributed by atoms with Crippen LogP contribution in [0.3, 0.4) is 0 Å². The minimum Gasteiger partial charge on any atom is -0.480 e. The maximum Gasteiger partial charge on any atom is 0.326 e. The molecule has 0 aliphatic carbocycles. The highest BCUT2D eigenvalue weighted by Crippen LogP contribution is 2.07. The molecule has 0 heterocycles. The van der Waals surface area contributed by atoms with E-state index in [1.54, 1.807) is 0 Å². The fraction of sp³-hybridized carbons (Fsp3) is 0.810. The second-order valence-corrected chi connectivity index (χ2v) is 8.16. The van der Waals surface area contributed by atoms with Crippen molar-refractivity contribution in [1.82, 2.24) is 16.0 Å². The third-order valence-electron chi connectivity index (χ3n) is 5.25. The average Bonchev–Trinajstić information content (AvgIpc) is 2.81. The molecule has 13 nitrogen and oxygen atoms in total. The molecule has 4 atom stereocenters. The van der Waals surface area contributed by atoms with Crippen LogP contribution in [0.5, 0.6) is 0 Å². The molecule has 0 aromatic heterocycles. The summed E-state index contributed by atoms with van der Waals surface area (Å²) >= 11 is 0. The topological polar surface area (TPSA) is 249 Å². The molecule has 0 saturated heterocycles. The molecule has 0 radical (unpaired) electrons. The first kappa shape index (κ1) is 31.7. The number of aliphatic hydroxyl groups excluding tert-OH is 1. The molecule has 0 unspecified atom stereocenters. The summed E-state index contributed by atoms with van der Waals surface area (Å²) < 4.78 is 0. The van der Waals surface area contributed by atoms with Crippen LogP contribution in [0.2, 0.25) is 0 Å². The minimum absolute atomic E-state index is 0.207. The molecule has 0 rings (SSSR count). The van der Waals surface area contributed by atoms with Gasteiger partial charge in [-0.05, 0) is 77.4 Å². The fourth-order valence-corrected chi connectivity index (χ4v) is 3.18.